The van der Waals surface area contributed by atoms with Gasteiger partial charge >= 0.3 is 6.09 Å². The van der Waals surface area contributed by atoms with E-state index in [-0.39, 0.29) is 4.90 Å². The number of carboxylic acid groups (broad SMARTS) is 1. The predicted octanol–water partition coefficient (Wildman–Crippen LogP) is 3.16. The van der Waals surface area contributed by atoms with Crippen LogP contribution < -0.4 is 0 Å². The fraction of sp³-hybridized carbons (Fsp3) is 0.429. The average Bonchev–Trinajstić information content (AvgIpc) is 2.39. The van der Waals surface area contributed by atoms with Crippen molar-refractivity contribution in [3.63, 3.8) is 0 Å². The van der Waals surface area contributed by atoms with Gasteiger partial charge in [0.25, 0.3) is 5.91 Å². The minimum Gasteiger partial charge on any atom is -0.465 e. The van der Waals surface area contributed by atoms with E-state index in [1.54, 1.807) is 0 Å². The van der Waals surface area contributed by atoms with Crippen LogP contribution in [0, 0.1) is 11.6 Å². The van der Waals surface area contributed by atoms with E-state index in [4.69, 9.17) is 0 Å². The summed E-state index contributed by atoms with van der Waals surface area (Å²) in [6.45, 7) is 1.68. The fourth-order valence-corrected chi connectivity index (χ4v) is 2.68. The first kappa shape index (κ1) is 16.3. The molecule has 1 aromatic carbocycles. The zero-order chi connectivity index (χ0) is 16.9. The molecule has 1 heterocycles. The summed E-state index contributed by atoms with van der Waals surface area (Å²) in [6.07, 6.45) is -5.14. The third-order valence-electron chi connectivity index (χ3n) is 3.97. The molecule has 2 amide bonds. The number of rotatable bonds is 1. The van der Waals surface area contributed by atoms with Gasteiger partial charge in [-0.25, -0.2) is 27.3 Å². The molecular formula is C14H13F4NO3. The number of benzene rings is 1. The number of carbonyl (C=O) groups is 2. The summed E-state index contributed by atoms with van der Waals surface area (Å²) in [5.74, 6) is -4.31. The molecule has 8 heteroatoms. The Morgan fingerprint density at radius 2 is 1.95 bits per heavy atom. The van der Waals surface area contributed by atoms with Crippen LogP contribution in [0.1, 0.15) is 25.8 Å². The van der Waals surface area contributed by atoms with Crippen molar-refractivity contribution < 1.29 is 32.3 Å². The van der Waals surface area contributed by atoms with Crippen LogP contribution in [-0.2, 0) is 10.3 Å². The number of nitrogens with zero attached hydrogens (tertiary/aromatic N) is 1. The van der Waals surface area contributed by atoms with E-state index in [0.717, 1.165) is 32.0 Å². The second kappa shape index (κ2) is 4.96. The monoisotopic (exact) mass is 319 g/mol. The molecule has 22 heavy (non-hydrogen) atoms. The number of hydrogen-bond acceptors (Lipinski definition) is 2. The van der Waals surface area contributed by atoms with E-state index in [1.807, 2.05) is 0 Å². The van der Waals surface area contributed by atoms with Gasteiger partial charge in [-0.15, -0.1) is 0 Å². The Balaban J connectivity index is 2.70. The number of carbonyl (C=O) groups excluding carboxylic acids is 1. The van der Waals surface area contributed by atoms with Gasteiger partial charge in [0.2, 0.25) is 0 Å². The number of alkyl halides is 2. The molecular weight excluding hydrogens is 306 g/mol. The van der Waals surface area contributed by atoms with Gasteiger partial charge in [0, 0.05) is 12.0 Å². The van der Waals surface area contributed by atoms with Crippen LogP contribution in [0.2, 0.25) is 0 Å². The quantitative estimate of drug-likeness (QED) is 0.809. The predicted molar refractivity (Wildman–Crippen MR) is 67.6 cm³/mol. The third kappa shape index (κ3) is 2.13. The molecule has 2 rings (SSSR count). The molecule has 1 aromatic rings. The normalized spacial score (nSPS) is 32.2. The summed E-state index contributed by atoms with van der Waals surface area (Å²) in [4.78, 5) is 23.2. The Hall–Kier alpha value is -2.12. The molecule has 0 aromatic heterocycles. The first-order valence-corrected chi connectivity index (χ1v) is 6.38. The lowest BCUT2D eigenvalue weighted by Gasteiger charge is -2.47. The largest absolute Gasteiger partial charge is 0.465 e. The number of halogens is 4. The van der Waals surface area contributed by atoms with Crippen molar-refractivity contribution in [3.05, 3.63) is 35.4 Å². The van der Waals surface area contributed by atoms with Crippen LogP contribution in [0.25, 0.3) is 0 Å². The molecule has 1 saturated heterocycles. The topological polar surface area (TPSA) is 57.6 Å². The molecule has 1 aliphatic rings. The molecule has 4 nitrogen and oxygen atoms in total. The third-order valence-corrected chi connectivity index (χ3v) is 3.97. The standard InChI is InChI=1S/C14H13F4NO3/c1-13(18)6-9(16)14(2,19(11(13)20)12(21)22)7-4-3-5-8(15)10(7)17/h3-5,9H,6H2,1-2H3,(H,21,22)/t9-,13-,14+/m0/s1. The molecule has 1 aliphatic heterocycles. The second-order valence-electron chi connectivity index (χ2n) is 5.54. The second-order valence-corrected chi connectivity index (χ2v) is 5.54. The van der Waals surface area contributed by atoms with E-state index in [2.05, 4.69) is 0 Å². The van der Waals surface area contributed by atoms with Gasteiger partial charge in [0.05, 0.1) is 0 Å². The maximum absolute atomic E-state index is 14.5. The van der Waals surface area contributed by atoms with Crippen molar-refractivity contribution in [2.75, 3.05) is 0 Å². The van der Waals surface area contributed by atoms with Gasteiger partial charge in [-0.05, 0) is 19.9 Å². The Bertz CT molecular complexity index is 649. The Labute approximate surface area is 123 Å². The van der Waals surface area contributed by atoms with Crippen molar-refractivity contribution in [3.8, 4) is 0 Å². The minimum absolute atomic E-state index is 0.0982. The first-order chi connectivity index (χ1) is 10.0. The fourth-order valence-electron chi connectivity index (χ4n) is 2.68. The van der Waals surface area contributed by atoms with Crippen molar-refractivity contribution in [1.82, 2.24) is 4.90 Å². The Morgan fingerprint density at radius 1 is 1.36 bits per heavy atom. The summed E-state index contributed by atoms with van der Waals surface area (Å²) in [6, 6.07) is 2.79. The van der Waals surface area contributed by atoms with Gasteiger partial charge in [-0.3, -0.25) is 4.79 Å². The van der Waals surface area contributed by atoms with Crippen molar-refractivity contribution in [2.24, 2.45) is 0 Å². The average molecular weight is 319 g/mol. The van der Waals surface area contributed by atoms with E-state index in [9.17, 15) is 32.3 Å². The van der Waals surface area contributed by atoms with Crippen LogP contribution in [0.15, 0.2) is 18.2 Å². The molecule has 0 spiro atoms. The zero-order valence-corrected chi connectivity index (χ0v) is 11.7. The summed E-state index contributed by atoms with van der Waals surface area (Å²) in [5, 5.41) is 9.17. The molecule has 0 radical (unpaired) electrons. The first-order valence-electron chi connectivity index (χ1n) is 6.38. The van der Waals surface area contributed by atoms with Crippen LogP contribution in [0.5, 0.6) is 0 Å². The molecule has 3 atom stereocenters. The lowest BCUT2D eigenvalue weighted by Crippen LogP contribution is -2.65. The lowest BCUT2D eigenvalue weighted by molar-refractivity contribution is -0.161. The molecule has 0 unspecified atom stereocenters. The summed E-state index contributed by atoms with van der Waals surface area (Å²) in [5.41, 5.74) is -5.77. The van der Waals surface area contributed by atoms with Crippen molar-refractivity contribution >= 4 is 12.0 Å². The van der Waals surface area contributed by atoms with Crippen LogP contribution in [0.3, 0.4) is 0 Å². The van der Waals surface area contributed by atoms with Gasteiger partial charge in [0.1, 0.15) is 11.7 Å². The van der Waals surface area contributed by atoms with Crippen LogP contribution in [-0.4, -0.2) is 33.8 Å². The van der Waals surface area contributed by atoms with Crippen LogP contribution in [0.4, 0.5) is 22.4 Å². The minimum atomic E-state index is -2.75. The van der Waals surface area contributed by atoms with E-state index in [1.165, 1.54) is 0 Å². The lowest BCUT2D eigenvalue weighted by atomic mass is 9.76. The number of hydrogen-bond donors (Lipinski definition) is 1. The highest BCUT2D eigenvalue weighted by molar-refractivity contribution is 5.98. The highest BCUT2D eigenvalue weighted by atomic mass is 19.2. The number of likely N-dealkylation sites (tertiary alicyclic amines) is 1. The summed E-state index contributed by atoms with van der Waals surface area (Å²) < 4.78 is 56.0. The Morgan fingerprint density at radius 3 is 2.50 bits per heavy atom. The molecule has 1 fully saturated rings. The number of amides is 2. The molecule has 1 N–H and O–H groups in total. The van der Waals surface area contributed by atoms with Gasteiger partial charge < -0.3 is 5.11 Å². The van der Waals surface area contributed by atoms with Gasteiger partial charge in [-0.1, -0.05) is 12.1 Å². The van der Waals surface area contributed by atoms with Crippen LogP contribution >= 0.6 is 0 Å². The molecule has 0 saturated carbocycles. The van der Waals surface area contributed by atoms with E-state index >= 15 is 0 Å². The molecule has 0 aliphatic carbocycles. The maximum atomic E-state index is 14.5. The SMILES string of the molecule is C[C@]1(F)C[C@H](F)[C@@](C)(c2cccc(F)c2F)N(C(=O)O)C1=O. The van der Waals surface area contributed by atoms with Gasteiger partial charge in [-0.2, -0.15) is 0 Å². The summed E-state index contributed by atoms with van der Waals surface area (Å²) >= 11 is 0. The maximum Gasteiger partial charge on any atom is 0.415 e. The number of imide groups is 1. The van der Waals surface area contributed by atoms with Crippen molar-refractivity contribution in [2.45, 2.75) is 37.6 Å². The van der Waals surface area contributed by atoms with Gasteiger partial charge in [0.15, 0.2) is 17.3 Å². The highest BCUT2D eigenvalue weighted by Crippen LogP contribution is 2.45. The summed E-state index contributed by atoms with van der Waals surface area (Å²) in [7, 11) is 0. The Kier molecular flexibility index (Phi) is 3.67. The zero-order valence-electron chi connectivity index (χ0n) is 11.7. The van der Waals surface area contributed by atoms with E-state index < -0.39 is 53.0 Å². The molecule has 120 valence electrons. The number of piperidine rings is 1. The smallest absolute Gasteiger partial charge is 0.415 e. The molecule has 0 bridgehead atoms. The van der Waals surface area contributed by atoms with Crippen molar-refractivity contribution in [1.29, 1.82) is 0 Å². The highest BCUT2D eigenvalue weighted by Gasteiger charge is 2.60. The van der Waals surface area contributed by atoms with E-state index in [0.29, 0.717) is 0 Å².